The summed E-state index contributed by atoms with van der Waals surface area (Å²) in [7, 11) is 0. The quantitative estimate of drug-likeness (QED) is 0.702. The number of nitrogens with two attached hydrogens (primary N) is 1. The first-order valence-corrected chi connectivity index (χ1v) is 7.91. The van der Waals surface area contributed by atoms with Gasteiger partial charge in [0, 0.05) is 10.6 Å². The zero-order chi connectivity index (χ0) is 16.7. The normalized spacial score (nSPS) is 16.4. The molecule has 3 aromatic rings. The molecule has 3 nitrogen and oxygen atoms in total. The number of hydrogen-bond donors (Lipinski definition) is 1. The third-order valence-electron chi connectivity index (χ3n) is 4.30. The summed E-state index contributed by atoms with van der Waals surface area (Å²) >= 11 is 6.40. The number of ether oxygens (including phenoxy) is 1. The number of nitrogens with zero attached hydrogens (tertiary/aromatic N) is 1. The van der Waals surface area contributed by atoms with Gasteiger partial charge in [-0.05, 0) is 34.5 Å². The van der Waals surface area contributed by atoms with Crippen LogP contribution >= 0.6 is 11.6 Å². The summed E-state index contributed by atoms with van der Waals surface area (Å²) in [4.78, 5) is 0. The van der Waals surface area contributed by atoms with Crippen LogP contribution < -0.4 is 10.5 Å². The molecule has 1 heterocycles. The number of allylic oxidation sites excluding steroid dienone is 1. The van der Waals surface area contributed by atoms with Crippen molar-refractivity contribution in [2.75, 3.05) is 0 Å². The Morgan fingerprint density at radius 3 is 2.33 bits per heavy atom. The van der Waals surface area contributed by atoms with Gasteiger partial charge in [-0.1, -0.05) is 54.1 Å². The smallest absolute Gasteiger partial charge is 0.205 e. The van der Waals surface area contributed by atoms with E-state index < -0.39 is 0 Å². The molecule has 116 valence electrons. The zero-order valence-corrected chi connectivity index (χ0v) is 13.4. The largest absolute Gasteiger partial charge is 0.440 e. The third-order valence-corrected chi connectivity index (χ3v) is 4.64. The van der Waals surface area contributed by atoms with Crippen molar-refractivity contribution in [1.29, 1.82) is 5.26 Å². The van der Waals surface area contributed by atoms with E-state index in [-0.39, 0.29) is 11.8 Å². The lowest BCUT2D eigenvalue weighted by Crippen LogP contribution is -2.21. The first-order valence-electron chi connectivity index (χ1n) is 7.53. The predicted molar refractivity (Wildman–Crippen MR) is 94.7 cm³/mol. The number of rotatable bonds is 1. The standard InChI is InChI=1S/C20H13ClN2O/c21-17-8-4-3-7-14(17)19-15-9-12-5-1-2-6-13(12)10-18(15)24-20(23)16(19)11-22/h1-10,19H,23H2. The average molecular weight is 333 g/mol. The van der Waals surface area contributed by atoms with Crippen molar-refractivity contribution in [1.82, 2.24) is 0 Å². The summed E-state index contributed by atoms with van der Waals surface area (Å²) < 4.78 is 5.73. The molecule has 3 aromatic carbocycles. The lowest BCUT2D eigenvalue weighted by molar-refractivity contribution is 0.394. The van der Waals surface area contributed by atoms with E-state index in [0.29, 0.717) is 16.3 Å². The second kappa shape index (κ2) is 5.59. The maximum absolute atomic E-state index is 9.61. The monoisotopic (exact) mass is 332 g/mol. The van der Waals surface area contributed by atoms with Crippen LogP contribution in [0.4, 0.5) is 0 Å². The molecule has 0 amide bonds. The van der Waals surface area contributed by atoms with Crippen molar-refractivity contribution in [3.05, 3.63) is 88.3 Å². The Hall–Kier alpha value is -2.96. The van der Waals surface area contributed by atoms with Crippen molar-refractivity contribution in [3.63, 3.8) is 0 Å². The number of benzene rings is 3. The molecule has 0 aromatic heterocycles. The van der Waals surface area contributed by atoms with E-state index in [1.807, 2.05) is 60.7 Å². The van der Waals surface area contributed by atoms with Crippen LogP contribution in [0.25, 0.3) is 10.8 Å². The molecule has 24 heavy (non-hydrogen) atoms. The summed E-state index contributed by atoms with van der Waals surface area (Å²) in [5.74, 6) is 0.456. The Kier molecular flexibility index (Phi) is 3.41. The molecule has 0 aliphatic carbocycles. The first kappa shape index (κ1) is 14.6. The van der Waals surface area contributed by atoms with Crippen molar-refractivity contribution in [2.24, 2.45) is 5.73 Å². The van der Waals surface area contributed by atoms with Gasteiger partial charge in [0.1, 0.15) is 17.4 Å². The molecule has 1 aliphatic heterocycles. The van der Waals surface area contributed by atoms with Crippen molar-refractivity contribution in [2.45, 2.75) is 5.92 Å². The summed E-state index contributed by atoms with van der Waals surface area (Å²) in [5.41, 5.74) is 8.14. The van der Waals surface area contributed by atoms with Crippen LogP contribution in [0.1, 0.15) is 17.0 Å². The van der Waals surface area contributed by atoms with Gasteiger partial charge in [0.15, 0.2) is 0 Å². The maximum atomic E-state index is 9.61. The minimum atomic E-state index is -0.336. The maximum Gasteiger partial charge on any atom is 0.205 e. The van der Waals surface area contributed by atoms with E-state index in [1.165, 1.54) is 0 Å². The average Bonchev–Trinajstić information content (AvgIpc) is 2.59. The van der Waals surface area contributed by atoms with Gasteiger partial charge in [-0.3, -0.25) is 0 Å². The fraction of sp³-hybridized carbons (Fsp3) is 0.0500. The molecule has 2 N–H and O–H groups in total. The van der Waals surface area contributed by atoms with Gasteiger partial charge in [-0.2, -0.15) is 5.26 Å². The van der Waals surface area contributed by atoms with Crippen LogP contribution in [0, 0.1) is 11.3 Å². The summed E-state index contributed by atoms with van der Waals surface area (Å²) in [5, 5.41) is 12.3. The SMILES string of the molecule is N#CC1=C(N)Oc2cc3ccccc3cc2C1c1ccccc1Cl. The Balaban J connectivity index is 2.03. The Labute approximate surface area is 144 Å². The fourth-order valence-electron chi connectivity index (χ4n) is 3.17. The molecule has 4 rings (SSSR count). The van der Waals surface area contributed by atoms with Crippen LogP contribution in [-0.2, 0) is 0 Å². The van der Waals surface area contributed by atoms with Crippen LogP contribution in [0.2, 0.25) is 5.02 Å². The van der Waals surface area contributed by atoms with E-state index in [4.69, 9.17) is 22.1 Å². The number of hydrogen-bond acceptors (Lipinski definition) is 3. The van der Waals surface area contributed by atoms with Gasteiger partial charge >= 0.3 is 0 Å². The van der Waals surface area contributed by atoms with Gasteiger partial charge in [0.25, 0.3) is 0 Å². The molecule has 0 saturated heterocycles. The second-order valence-electron chi connectivity index (χ2n) is 5.68. The van der Waals surface area contributed by atoms with E-state index >= 15 is 0 Å². The van der Waals surface area contributed by atoms with Crippen LogP contribution in [0.3, 0.4) is 0 Å². The molecule has 0 saturated carbocycles. The van der Waals surface area contributed by atoms with Crippen molar-refractivity contribution >= 4 is 22.4 Å². The fourth-order valence-corrected chi connectivity index (χ4v) is 3.42. The molecule has 1 unspecified atom stereocenters. The van der Waals surface area contributed by atoms with Gasteiger partial charge in [-0.25, -0.2) is 0 Å². The van der Waals surface area contributed by atoms with Crippen LogP contribution in [-0.4, -0.2) is 0 Å². The van der Waals surface area contributed by atoms with Gasteiger partial charge in [-0.15, -0.1) is 0 Å². The molecular weight excluding hydrogens is 320 g/mol. The molecule has 0 radical (unpaired) electrons. The van der Waals surface area contributed by atoms with Crippen LogP contribution in [0.15, 0.2) is 72.1 Å². The zero-order valence-electron chi connectivity index (χ0n) is 12.7. The highest BCUT2D eigenvalue weighted by atomic mass is 35.5. The first-order chi connectivity index (χ1) is 11.7. The predicted octanol–water partition coefficient (Wildman–Crippen LogP) is 4.71. The van der Waals surface area contributed by atoms with Gasteiger partial charge < -0.3 is 10.5 Å². The van der Waals surface area contributed by atoms with E-state index in [2.05, 4.69) is 6.07 Å². The lowest BCUT2D eigenvalue weighted by atomic mass is 9.82. The summed E-state index contributed by atoms with van der Waals surface area (Å²) in [6.45, 7) is 0. The topological polar surface area (TPSA) is 59.0 Å². The highest BCUT2D eigenvalue weighted by Gasteiger charge is 2.32. The lowest BCUT2D eigenvalue weighted by Gasteiger charge is -2.27. The summed E-state index contributed by atoms with van der Waals surface area (Å²) in [6.07, 6.45) is 0. The minimum Gasteiger partial charge on any atom is -0.440 e. The third kappa shape index (κ3) is 2.20. The van der Waals surface area contributed by atoms with Crippen molar-refractivity contribution in [3.8, 4) is 11.8 Å². The molecule has 0 fully saturated rings. The van der Waals surface area contributed by atoms with E-state index in [0.717, 1.165) is 21.9 Å². The van der Waals surface area contributed by atoms with Gasteiger partial charge in [0.2, 0.25) is 5.88 Å². The minimum absolute atomic E-state index is 0.130. The van der Waals surface area contributed by atoms with E-state index in [1.54, 1.807) is 0 Å². The highest BCUT2D eigenvalue weighted by molar-refractivity contribution is 6.31. The molecule has 0 spiro atoms. The summed E-state index contributed by atoms with van der Waals surface area (Å²) in [6, 6.07) is 21.7. The number of nitriles is 1. The molecule has 4 heteroatoms. The van der Waals surface area contributed by atoms with Crippen molar-refractivity contribution < 1.29 is 4.74 Å². The second-order valence-corrected chi connectivity index (χ2v) is 6.09. The molecule has 1 aliphatic rings. The molecule has 0 bridgehead atoms. The van der Waals surface area contributed by atoms with E-state index in [9.17, 15) is 5.26 Å². The highest BCUT2D eigenvalue weighted by Crippen LogP contribution is 2.45. The Morgan fingerprint density at radius 2 is 1.62 bits per heavy atom. The van der Waals surface area contributed by atoms with Crippen LogP contribution in [0.5, 0.6) is 5.75 Å². The molecular formula is C20H13ClN2O. The number of halogens is 1. The Bertz CT molecular complexity index is 1030. The molecule has 1 atom stereocenters. The van der Waals surface area contributed by atoms with Gasteiger partial charge in [0.05, 0.1) is 5.92 Å². The Morgan fingerprint density at radius 1 is 0.958 bits per heavy atom. The number of fused-ring (bicyclic) bond motifs is 2.